The van der Waals surface area contributed by atoms with E-state index >= 15 is 0 Å². The van der Waals surface area contributed by atoms with Crippen molar-refractivity contribution in [1.29, 1.82) is 0 Å². The molecule has 1 aliphatic carbocycles. The van der Waals surface area contributed by atoms with Crippen LogP contribution in [0.2, 0.25) is 0 Å². The summed E-state index contributed by atoms with van der Waals surface area (Å²) >= 11 is 1.87. The highest BCUT2D eigenvalue weighted by Crippen LogP contribution is 2.24. The fourth-order valence-electron chi connectivity index (χ4n) is 5.00. The van der Waals surface area contributed by atoms with Crippen LogP contribution in [-0.2, 0) is 9.59 Å². The first-order chi connectivity index (χ1) is 16.1. The fourth-order valence-corrected chi connectivity index (χ4v) is 5.90. The largest absolute Gasteiger partial charge is 0.353 e. The molecule has 2 heterocycles. The van der Waals surface area contributed by atoms with E-state index in [4.69, 9.17) is 0 Å². The van der Waals surface area contributed by atoms with Gasteiger partial charge in [0, 0.05) is 60.9 Å². The van der Waals surface area contributed by atoms with E-state index in [1.807, 2.05) is 34.9 Å². The summed E-state index contributed by atoms with van der Waals surface area (Å²) in [7, 11) is 0. The van der Waals surface area contributed by atoms with Gasteiger partial charge in [0.15, 0.2) is 0 Å². The summed E-state index contributed by atoms with van der Waals surface area (Å²) in [6.45, 7) is 3.47. The quantitative estimate of drug-likeness (QED) is 0.665. The summed E-state index contributed by atoms with van der Waals surface area (Å²) in [5.74, 6) is 2.33. The lowest BCUT2D eigenvalue weighted by molar-refractivity contribution is -0.127. The maximum atomic E-state index is 12.7. The minimum atomic E-state index is -0.0707. The van der Waals surface area contributed by atoms with Crippen molar-refractivity contribution in [3.63, 3.8) is 0 Å². The predicted octanol–water partition coefficient (Wildman–Crippen LogP) is 2.98. The molecular formula is C25H36N4O3S. The van der Waals surface area contributed by atoms with Gasteiger partial charge in [-0.1, -0.05) is 25.3 Å². The first kappa shape index (κ1) is 24.1. The van der Waals surface area contributed by atoms with Crippen LogP contribution in [0.3, 0.4) is 0 Å². The van der Waals surface area contributed by atoms with Gasteiger partial charge in [0.25, 0.3) is 5.91 Å². The van der Waals surface area contributed by atoms with Crippen LogP contribution in [0, 0.1) is 5.92 Å². The van der Waals surface area contributed by atoms with E-state index in [2.05, 4.69) is 15.5 Å². The van der Waals surface area contributed by atoms with Gasteiger partial charge in [-0.05, 0) is 43.9 Å². The van der Waals surface area contributed by atoms with Crippen molar-refractivity contribution in [1.82, 2.24) is 15.1 Å². The fraction of sp³-hybridized carbons (Fsp3) is 0.640. The standard InChI is InChI=1S/C25H36N4O3S/c30-23(26-22-8-4-7-20(17-22)25(32)29-13-15-33-16-14-29)18-28-11-9-21(10-12-28)27-24(31)19-5-2-1-3-6-19/h4,7-8,17,19,21H,1-3,5-6,9-16,18H2,(H,26,30)(H,27,31). The number of hydrogen-bond acceptors (Lipinski definition) is 5. The molecular weight excluding hydrogens is 436 g/mol. The molecule has 0 aromatic heterocycles. The van der Waals surface area contributed by atoms with Gasteiger partial charge >= 0.3 is 0 Å². The van der Waals surface area contributed by atoms with Crippen molar-refractivity contribution in [2.24, 2.45) is 5.92 Å². The van der Waals surface area contributed by atoms with Crippen LogP contribution in [0.1, 0.15) is 55.3 Å². The number of likely N-dealkylation sites (tertiary alicyclic amines) is 1. The second-order valence-electron chi connectivity index (χ2n) is 9.43. The van der Waals surface area contributed by atoms with Gasteiger partial charge in [0.2, 0.25) is 11.8 Å². The Morgan fingerprint density at radius 3 is 2.39 bits per heavy atom. The third-order valence-corrected chi connectivity index (χ3v) is 7.91. The first-order valence-corrected chi connectivity index (χ1v) is 13.5. The lowest BCUT2D eigenvalue weighted by atomic mass is 9.88. The van der Waals surface area contributed by atoms with Crippen molar-refractivity contribution >= 4 is 35.2 Å². The molecule has 0 spiro atoms. The van der Waals surface area contributed by atoms with Gasteiger partial charge in [-0.25, -0.2) is 0 Å². The zero-order chi connectivity index (χ0) is 23.0. The number of nitrogens with zero attached hydrogens (tertiary/aromatic N) is 2. The molecule has 4 rings (SSSR count). The second kappa shape index (κ2) is 11.9. The molecule has 2 saturated heterocycles. The average molecular weight is 473 g/mol. The molecule has 1 saturated carbocycles. The molecule has 3 aliphatic rings. The molecule has 33 heavy (non-hydrogen) atoms. The molecule has 0 atom stereocenters. The number of piperidine rings is 1. The highest BCUT2D eigenvalue weighted by atomic mass is 32.2. The molecule has 3 amide bonds. The van der Waals surface area contributed by atoms with Gasteiger partial charge in [-0.15, -0.1) is 0 Å². The van der Waals surface area contributed by atoms with E-state index in [1.165, 1.54) is 19.3 Å². The lowest BCUT2D eigenvalue weighted by Crippen LogP contribution is -2.48. The van der Waals surface area contributed by atoms with E-state index < -0.39 is 0 Å². The van der Waals surface area contributed by atoms with E-state index in [-0.39, 0.29) is 29.7 Å². The van der Waals surface area contributed by atoms with Crippen LogP contribution < -0.4 is 10.6 Å². The van der Waals surface area contributed by atoms with E-state index in [0.717, 1.165) is 63.4 Å². The van der Waals surface area contributed by atoms with Crippen LogP contribution in [-0.4, -0.2) is 77.8 Å². The highest BCUT2D eigenvalue weighted by Gasteiger charge is 2.26. The van der Waals surface area contributed by atoms with Crippen LogP contribution in [0.4, 0.5) is 5.69 Å². The maximum Gasteiger partial charge on any atom is 0.253 e. The van der Waals surface area contributed by atoms with Crippen LogP contribution >= 0.6 is 11.8 Å². The molecule has 2 N–H and O–H groups in total. The zero-order valence-electron chi connectivity index (χ0n) is 19.4. The number of carbonyl (C=O) groups excluding carboxylic acids is 3. The summed E-state index contributed by atoms with van der Waals surface area (Å²) in [5.41, 5.74) is 1.28. The molecule has 0 radical (unpaired) electrons. The maximum absolute atomic E-state index is 12.7. The minimum Gasteiger partial charge on any atom is -0.353 e. The summed E-state index contributed by atoms with van der Waals surface area (Å²) in [6.07, 6.45) is 7.39. The number of hydrogen-bond donors (Lipinski definition) is 2. The van der Waals surface area contributed by atoms with Crippen LogP contribution in [0.15, 0.2) is 24.3 Å². The van der Waals surface area contributed by atoms with Gasteiger partial charge in [-0.2, -0.15) is 11.8 Å². The van der Waals surface area contributed by atoms with Crippen LogP contribution in [0.5, 0.6) is 0 Å². The van der Waals surface area contributed by atoms with Crippen molar-refractivity contribution in [2.45, 2.75) is 51.0 Å². The Morgan fingerprint density at radius 1 is 0.939 bits per heavy atom. The SMILES string of the molecule is O=C(CN1CCC(NC(=O)C2CCCCC2)CC1)Nc1cccc(C(=O)N2CCSCC2)c1. The van der Waals surface area contributed by atoms with Crippen LogP contribution in [0.25, 0.3) is 0 Å². The summed E-state index contributed by atoms with van der Waals surface area (Å²) in [5, 5.41) is 6.19. The Bertz CT molecular complexity index is 829. The molecule has 1 aromatic carbocycles. The molecule has 2 aliphatic heterocycles. The number of anilines is 1. The number of benzene rings is 1. The molecule has 3 fully saturated rings. The number of thioether (sulfide) groups is 1. The molecule has 180 valence electrons. The lowest BCUT2D eigenvalue weighted by Gasteiger charge is -2.33. The van der Waals surface area contributed by atoms with Gasteiger partial charge < -0.3 is 15.5 Å². The molecule has 1 aromatic rings. The monoisotopic (exact) mass is 472 g/mol. The second-order valence-corrected chi connectivity index (χ2v) is 10.7. The van der Waals surface area contributed by atoms with Crippen molar-refractivity contribution < 1.29 is 14.4 Å². The van der Waals surface area contributed by atoms with Crippen molar-refractivity contribution in [3.8, 4) is 0 Å². The Balaban J connectivity index is 1.20. The Hall–Kier alpha value is -2.06. The van der Waals surface area contributed by atoms with Gasteiger partial charge in [-0.3, -0.25) is 19.3 Å². The predicted molar refractivity (Wildman–Crippen MR) is 132 cm³/mol. The number of rotatable bonds is 6. The summed E-state index contributed by atoms with van der Waals surface area (Å²) < 4.78 is 0. The highest BCUT2D eigenvalue weighted by molar-refractivity contribution is 7.99. The molecule has 8 heteroatoms. The topological polar surface area (TPSA) is 81.8 Å². The zero-order valence-corrected chi connectivity index (χ0v) is 20.2. The number of carbonyl (C=O) groups is 3. The van der Waals surface area contributed by atoms with E-state index in [1.54, 1.807) is 6.07 Å². The Morgan fingerprint density at radius 2 is 1.67 bits per heavy atom. The minimum absolute atomic E-state index is 0.0312. The molecule has 0 bridgehead atoms. The molecule has 0 unspecified atom stereocenters. The van der Waals surface area contributed by atoms with Gasteiger partial charge in [0.05, 0.1) is 6.54 Å². The number of nitrogens with one attached hydrogen (secondary N) is 2. The third kappa shape index (κ3) is 6.96. The van der Waals surface area contributed by atoms with E-state index in [9.17, 15) is 14.4 Å². The first-order valence-electron chi connectivity index (χ1n) is 12.4. The molecule has 7 nitrogen and oxygen atoms in total. The summed E-state index contributed by atoms with van der Waals surface area (Å²) in [4.78, 5) is 41.8. The Labute approximate surface area is 201 Å². The van der Waals surface area contributed by atoms with E-state index in [0.29, 0.717) is 17.8 Å². The Kier molecular flexibility index (Phi) is 8.67. The third-order valence-electron chi connectivity index (χ3n) is 6.97. The summed E-state index contributed by atoms with van der Waals surface area (Å²) in [6, 6.07) is 7.45. The average Bonchev–Trinajstić information content (AvgIpc) is 2.86. The smallest absolute Gasteiger partial charge is 0.253 e. The van der Waals surface area contributed by atoms with Crippen molar-refractivity contribution in [2.75, 3.05) is 49.5 Å². The normalized spacial score (nSPS) is 20.9. The van der Waals surface area contributed by atoms with Gasteiger partial charge in [0.1, 0.15) is 0 Å². The van der Waals surface area contributed by atoms with Crippen molar-refractivity contribution in [3.05, 3.63) is 29.8 Å². The number of amides is 3.